The molecule has 1 atom stereocenters. The Morgan fingerprint density at radius 1 is 1.33 bits per heavy atom. The van der Waals surface area contributed by atoms with Gasteiger partial charge in [0.25, 0.3) is 0 Å². The zero-order valence-corrected chi connectivity index (χ0v) is 14.0. The maximum absolute atomic E-state index is 13.7. The molecule has 0 radical (unpaired) electrons. The van der Waals surface area contributed by atoms with Crippen LogP contribution in [0.5, 0.6) is 0 Å². The minimum absolute atomic E-state index is 0.213. The fourth-order valence-electron chi connectivity index (χ4n) is 2.95. The SMILES string of the molecule is CCCCC(CC)(CNC1CC1)Cc1ccc(Cl)c(F)c1. The van der Waals surface area contributed by atoms with Crippen LogP contribution in [0.25, 0.3) is 0 Å². The van der Waals surface area contributed by atoms with Crippen LogP contribution in [0.3, 0.4) is 0 Å². The average Bonchev–Trinajstić information content (AvgIpc) is 3.30. The van der Waals surface area contributed by atoms with Crippen LogP contribution >= 0.6 is 11.6 Å². The summed E-state index contributed by atoms with van der Waals surface area (Å²) < 4.78 is 13.7. The van der Waals surface area contributed by atoms with Crippen LogP contribution < -0.4 is 5.32 Å². The average molecular weight is 312 g/mol. The molecule has 1 unspecified atom stereocenters. The lowest BCUT2D eigenvalue weighted by atomic mass is 9.75. The normalized spacial score (nSPS) is 17.7. The molecule has 0 amide bonds. The van der Waals surface area contributed by atoms with E-state index >= 15 is 0 Å². The Balaban J connectivity index is 2.09. The molecule has 118 valence electrons. The Hall–Kier alpha value is -0.600. The van der Waals surface area contributed by atoms with Crippen LogP contribution in [-0.4, -0.2) is 12.6 Å². The first-order chi connectivity index (χ1) is 10.1. The van der Waals surface area contributed by atoms with Crippen LogP contribution in [-0.2, 0) is 6.42 Å². The third kappa shape index (κ3) is 4.96. The van der Waals surface area contributed by atoms with Crippen LogP contribution in [0.4, 0.5) is 4.39 Å². The molecule has 1 saturated carbocycles. The Bertz CT molecular complexity index is 459. The van der Waals surface area contributed by atoms with E-state index in [9.17, 15) is 4.39 Å². The maximum Gasteiger partial charge on any atom is 0.142 e. The van der Waals surface area contributed by atoms with Gasteiger partial charge in [0.1, 0.15) is 5.82 Å². The second kappa shape index (κ2) is 7.60. The number of benzene rings is 1. The van der Waals surface area contributed by atoms with Crippen LogP contribution in [0.15, 0.2) is 18.2 Å². The Morgan fingerprint density at radius 2 is 2.10 bits per heavy atom. The lowest BCUT2D eigenvalue weighted by Crippen LogP contribution is -2.37. The molecule has 1 aromatic rings. The largest absolute Gasteiger partial charge is 0.313 e. The van der Waals surface area contributed by atoms with Gasteiger partial charge in [-0.1, -0.05) is 44.4 Å². The summed E-state index contributed by atoms with van der Waals surface area (Å²) in [7, 11) is 0. The summed E-state index contributed by atoms with van der Waals surface area (Å²) in [6.45, 7) is 5.53. The highest BCUT2D eigenvalue weighted by Crippen LogP contribution is 2.34. The zero-order valence-electron chi connectivity index (χ0n) is 13.2. The van der Waals surface area contributed by atoms with E-state index in [1.54, 1.807) is 12.1 Å². The monoisotopic (exact) mass is 311 g/mol. The molecule has 0 aromatic heterocycles. The van der Waals surface area contributed by atoms with Crippen molar-refractivity contribution < 1.29 is 4.39 Å². The summed E-state index contributed by atoms with van der Waals surface area (Å²) in [5, 5.41) is 3.90. The van der Waals surface area contributed by atoms with Crippen molar-refractivity contribution in [3.05, 3.63) is 34.6 Å². The van der Waals surface area contributed by atoms with Crippen LogP contribution in [0.2, 0.25) is 5.02 Å². The van der Waals surface area contributed by atoms with Gasteiger partial charge < -0.3 is 5.32 Å². The van der Waals surface area contributed by atoms with Crippen molar-refractivity contribution in [2.24, 2.45) is 5.41 Å². The van der Waals surface area contributed by atoms with Crippen molar-refractivity contribution in [3.8, 4) is 0 Å². The van der Waals surface area contributed by atoms with E-state index in [1.165, 1.54) is 32.1 Å². The number of nitrogens with one attached hydrogen (secondary N) is 1. The highest BCUT2D eigenvalue weighted by atomic mass is 35.5. The lowest BCUT2D eigenvalue weighted by molar-refractivity contribution is 0.228. The van der Waals surface area contributed by atoms with Crippen molar-refractivity contribution in [1.29, 1.82) is 0 Å². The second-order valence-corrected chi connectivity index (χ2v) is 6.94. The first kappa shape index (κ1) is 16.8. The van der Waals surface area contributed by atoms with Gasteiger partial charge in [-0.25, -0.2) is 4.39 Å². The van der Waals surface area contributed by atoms with Gasteiger partial charge in [0.15, 0.2) is 0 Å². The van der Waals surface area contributed by atoms with E-state index in [0.717, 1.165) is 31.0 Å². The predicted octanol–water partition coefficient (Wildman–Crippen LogP) is 5.36. The quantitative estimate of drug-likeness (QED) is 0.647. The molecular formula is C18H27ClFN. The van der Waals surface area contributed by atoms with Gasteiger partial charge in [-0.05, 0) is 55.2 Å². The molecule has 1 aliphatic carbocycles. The Labute approximate surface area is 133 Å². The van der Waals surface area contributed by atoms with Gasteiger partial charge >= 0.3 is 0 Å². The molecular weight excluding hydrogens is 285 g/mol. The molecule has 1 N–H and O–H groups in total. The molecule has 1 fully saturated rings. The third-order valence-electron chi connectivity index (χ3n) is 4.72. The molecule has 21 heavy (non-hydrogen) atoms. The standard InChI is InChI=1S/C18H27ClFN/c1-3-5-10-18(4-2,13-21-15-7-8-15)12-14-6-9-16(19)17(20)11-14/h6,9,11,15,21H,3-5,7-8,10,12-13H2,1-2H3. The minimum atomic E-state index is -0.301. The first-order valence-electron chi connectivity index (χ1n) is 8.26. The molecule has 0 saturated heterocycles. The number of halogens is 2. The van der Waals surface area contributed by atoms with E-state index < -0.39 is 0 Å². The second-order valence-electron chi connectivity index (χ2n) is 6.54. The summed E-state index contributed by atoms with van der Waals surface area (Å²) in [5.74, 6) is -0.301. The summed E-state index contributed by atoms with van der Waals surface area (Å²) in [5.41, 5.74) is 1.30. The van der Waals surface area contributed by atoms with Gasteiger partial charge in [0.2, 0.25) is 0 Å². The highest BCUT2D eigenvalue weighted by Gasteiger charge is 2.31. The first-order valence-corrected chi connectivity index (χ1v) is 8.63. The van der Waals surface area contributed by atoms with Gasteiger partial charge in [0.05, 0.1) is 5.02 Å². The van der Waals surface area contributed by atoms with Gasteiger partial charge in [-0.15, -0.1) is 0 Å². The van der Waals surface area contributed by atoms with E-state index in [4.69, 9.17) is 11.6 Å². The van der Waals surface area contributed by atoms with Crippen LogP contribution in [0, 0.1) is 11.2 Å². The smallest absolute Gasteiger partial charge is 0.142 e. The summed E-state index contributed by atoms with van der Waals surface area (Å²) >= 11 is 5.79. The number of unbranched alkanes of at least 4 members (excludes halogenated alkanes) is 1. The minimum Gasteiger partial charge on any atom is -0.313 e. The number of hydrogen-bond donors (Lipinski definition) is 1. The van der Waals surface area contributed by atoms with E-state index in [-0.39, 0.29) is 16.3 Å². The molecule has 0 spiro atoms. The van der Waals surface area contributed by atoms with E-state index in [1.807, 2.05) is 6.07 Å². The van der Waals surface area contributed by atoms with Gasteiger partial charge in [-0.2, -0.15) is 0 Å². The van der Waals surface area contributed by atoms with Crippen molar-refractivity contribution in [2.45, 2.75) is 64.8 Å². The van der Waals surface area contributed by atoms with Crippen molar-refractivity contribution in [2.75, 3.05) is 6.54 Å². The van der Waals surface area contributed by atoms with Crippen LogP contribution in [0.1, 0.15) is 57.9 Å². The summed E-state index contributed by atoms with van der Waals surface area (Å²) in [4.78, 5) is 0. The molecule has 0 heterocycles. The third-order valence-corrected chi connectivity index (χ3v) is 5.02. The fraction of sp³-hybridized carbons (Fsp3) is 0.667. The molecule has 1 aliphatic rings. The maximum atomic E-state index is 13.7. The molecule has 0 aliphatic heterocycles. The lowest BCUT2D eigenvalue weighted by Gasteiger charge is -2.34. The van der Waals surface area contributed by atoms with Crippen molar-refractivity contribution >= 4 is 11.6 Å². The van der Waals surface area contributed by atoms with Crippen molar-refractivity contribution in [1.82, 2.24) is 5.32 Å². The number of rotatable bonds is 9. The van der Waals surface area contributed by atoms with Gasteiger partial charge in [0, 0.05) is 12.6 Å². The van der Waals surface area contributed by atoms with Gasteiger partial charge in [-0.3, -0.25) is 0 Å². The number of hydrogen-bond acceptors (Lipinski definition) is 1. The topological polar surface area (TPSA) is 12.0 Å². The molecule has 1 aromatic carbocycles. The zero-order chi connectivity index (χ0) is 15.3. The molecule has 1 nitrogen and oxygen atoms in total. The van der Waals surface area contributed by atoms with E-state index in [0.29, 0.717) is 0 Å². The molecule has 0 bridgehead atoms. The molecule has 3 heteroatoms. The highest BCUT2D eigenvalue weighted by molar-refractivity contribution is 6.30. The van der Waals surface area contributed by atoms with Crippen molar-refractivity contribution in [3.63, 3.8) is 0 Å². The summed E-state index contributed by atoms with van der Waals surface area (Å²) in [6, 6.07) is 5.98. The summed E-state index contributed by atoms with van der Waals surface area (Å²) in [6.07, 6.45) is 8.31. The van der Waals surface area contributed by atoms with E-state index in [2.05, 4.69) is 19.2 Å². The Kier molecular flexibility index (Phi) is 6.07. The fourth-order valence-corrected chi connectivity index (χ4v) is 3.07. The molecule has 2 rings (SSSR count). The Morgan fingerprint density at radius 3 is 2.67 bits per heavy atom. The predicted molar refractivity (Wildman–Crippen MR) is 88.4 cm³/mol.